The van der Waals surface area contributed by atoms with Gasteiger partial charge < -0.3 is 20.1 Å². The lowest BCUT2D eigenvalue weighted by atomic mass is 10.1. The molecule has 164 valence electrons. The molecule has 2 N–H and O–H groups in total. The van der Waals surface area contributed by atoms with Crippen molar-refractivity contribution in [3.8, 4) is 17.0 Å². The number of hydrogen-bond acceptors (Lipinski definition) is 5. The van der Waals surface area contributed by atoms with Crippen molar-refractivity contribution in [3.05, 3.63) is 54.6 Å². The third-order valence-corrected chi connectivity index (χ3v) is 5.51. The molecule has 1 aromatic heterocycles. The zero-order chi connectivity index (χ0) is 21.9. The summed E-state index contributed by atoms with van der Waals surface area (Å²) in [5.74, 6) is 0.848. The van der Waals surface area contributed by atoms with E-state index in [1.54, 1.807) is 7.11 Å². The highest BCUT2D eigenvalue weighted by atomic mass is 16.5. The monoisotopic (exact) mass is 421 g/mol. The molecule has 0 saturated carbocycles. The lowest BCUT2D eigenvalue weighted by Crippen LogP contribution is -2.31. The number of anilines is 1. The molecule has 0 aliphatic carbocycles. The molecular formula is C25H31N3O3. The van der Waals surface area contributed by atoms with Gasteiger partial charge in [-0.05, 0) is 63.2 Å². The molecule has 1 saturated heterocycles. The molecule has 1 aliphatic heterocycles. The van der Waals surface area contributed by atoms with Gasteiger partial charge in [0.1, 0.15) is 5.75 Å². The number of aromatic nitrogens is 1. The molecule has 0 spiro atoms. The molecule has 6 nitrogen and oxygen atoms in total. The summed E-state index contributed by atoms with van der Waals surface area (Å²) in [4.78, 5) is 15.8. The molecule has 2 heterocycles. The summed E-state index contributed by atoms with van der Waals surface area (Å²) in [7, 11) is 1.71. The lowest BCUT2D eigenvalue weighted by molar-refractivity contribution is -0.122. The van der Waals surface area contributed by atoms with Crippen LogP contribution in [0.15, 0.2) is 54.6 Å². The minimum Gasteiger partial charge on any atom is -0.496 e. The van der Waals surface area contributed by atoms with Crippen LogP contribution in [0.25, 0.3) is 22.2 Å². The van der Waals surface area contributed by atoms with Crippen LogP contribution >= 0.6 is 0 Å². The van der Waals surface area contributed by atoms with Crippen LogP contribution in [0.5, 0.6) is 5.75 Å². The summed E-state index contributed by atoms with van der Waals surface area (Å²) in [6.07, 6.45) is 5.25. The number of piperidine rings is 1. The Bertz CT molecular complexity index is 971. The SMILES string of the molecule is COc1ccccc1-c1cc(NCCCN2CCCCC2)c2ccccc2n1.O=CO. The fourth-order valence-electron chi connectivity index (χ4n) is 4.02. The first-order valence-electron chi connectivity index (χ1n) is 10.8. The quantitative estimate of drug-likeness (QED) is 0.418. The number of rotatable bonds is 7. The predicted octanol–water partition coefficient (Wildman–Crippen LogP) is 4.90. The van der Waals surface area contributed by atoms with E-state index in [0.29, 0.717) is 0 Å². The van der Waals surface area contributed by atoms with Crippen LogP contribution in [-0.2, 0) is 4.79 Å². The number of nitrogens with zero attached hydrogens (tertiary/aromatic N) is 2. The van der Waals surface area contributed by atoms with E-state index in [0.717, 1.165) is 41.2 Å². The summed E-state index contributed by atoms with van der Waals surface area (Å²) in [5.41, 5.74) is 4.11. The number of fused-ring (bicyclic) bond motifs is 1. The average Bonchev–Trinajstić information content (AvgIpc) is 2.82. The number of ether oxygens (including phenoxy) is 1. The van der Waals surface area contributed by atoms with Gasteiger partial charge in [0.15, 0.2) is 0 Å². The van der Waals surface area contributed by atoms with Gasteiger partial charge in [-0.3, -0.25) is 4.79 Å². The molecule has 3 aromatic rings. The lowest BCUT2D eigenvalue weighted by Gasteiger charge is -2.26. The topological polar surface area (TPSA) is 74.7 Å². The fraction of sp³-hybridized carbons (Fsp3) is 0.360. The van der Waals surface area contributed by atoms with Crippen LogP contribution in [0.1, 0.15) is 25.7 Å². The van der Waals surface area contributed by atoms with Crippen LogP contribution < -0.4 is 10.1 Å². The molecule has 1 fully saturated rings. The molecule has 2 aromatic carbocycles. The average molecular weight is 422 g/mol. The molecular weight excluding hydrogens is 390 g/mol. The van der Waals surface area contributed by atoms with Crippen LogP contribution in [0, 0.1) is 0 Å². The Kier molecular flexibility index (Phi) is 8.67. The number of carboxylic acid groups (broad SMARTS) is 1. The maximum Gasteiger partial charge on any atom is 0.290 e. The number of benzene rings is 2. The molecule has 31 heavy (non-hydrogen) atoms. The van der Waals surface area contributed by atoms with Gasteiger partial charge >= 0.3 is 0 Å². The summed E-state index contributed by atoms with van der Waals surface area (Å²) >= 11 is 0. The van der Waals surface area contributed by atoms with Gasteiger partial charge in [-0.15, -0.1) is 0 Å². The van der Waals surface area contributed by atoms with Gasteiger partial charge in [0.2, 0.25) is 0 Å². The van der Waals surface area contributed by atoms with E-state index in [1.807, 2.05) is 24.3 Å². The highest BCUT2D eigenvalue weighted by Gasteiger charge is 2.12. The zero-order valence-electron chi connectivity index (χ0n) is 18.1. The maximum atomic E-state index is 8.36. The Balaban J connectivity index is 0.000000858. The van der Waals surface area contributed by atoms with E-state index < -0.39 is 0 Å². The molecule has 0 atom stereocenters. The van der Waals surface area contributed by atoms with Gasteiger partial charge in [-0.2, -0.15) is 0 Å². The first-order valence-corrected chi connectivity index (χ1v) is 10.8. The Morgan fingerprint density at radius 3 is 2.58 bits per heavy atom. The number of para-hydroxylation sites is 2. The minimum absolute atomic E-state index is 0.250. The molecule has 4 rings (SSSR count). The Morgan fingerprint density at radius 2 is 1.81 bits per heavy atom. The van der Waals surface area contributed by atoms with Crippen LogP contribution in [-0.4, -0.2) is 54.8 Å². The van der Waals surface area contributed by atoms with Crippen molar-refractivity contribution in [1.82, 2.24) is 9.88 Å². The highest BCUT2D eigenvalue weighted by Crippen LogP contribution is 2.33. The maximum absolute atomic E-state index is 8.36. The van der Waals surface area contributed by atoms with Gasteiger partial charge in [0.25, 0.3) is 6.47 Å². The van der Waals surface area contributed by atoms with Crippen molar-refractivity contribution in [2.75, 3.05) is 38.6 Å². The molecule has 0 unspecified atom stereocenters. The summed E-state index contributed by atoms with van der Waals surface area (Å²) in [6.45, 7) is 4.41. The van der Waals surface area contributed by atoms with E-state index in [4.69, 9.17) is 19.6 Å². The van der Waals surface area contributed by atoms with Gasteiger partial charge in [-0.25, -0.2) is 4.98 Å². The largest absolute Gasteiger partial charge is 0.496 e. The third kappa shape index (κ3) is 6.18. The normalized spacial score (nSPS) is 13.8. The number of nitrogens with one attached hydrogen (secondary N) is 1. The van der Waals surface area contributed by atoms with Crippen molar-refractivity contribution in [2.45, 2.75) is 25.7 Å². The minimum atomic E-state index is -0.250. The van der Waals surface area contributed by atoms with E-state index in [2.05, 4.69) is 40.5 Å². The van der Waals surface area contributed by atoms with Gasteiger partial charge in [0.05, 0.1) is 18.3 Å². The summed E-state index contributed by atoms with van der Waals surface area (Å²) in [5, 5.41) is 11.7. The third-order valence-electron chi connectivity index (χ3n) is 5.51. The van der Waals surface area contributed by atoms with Gasteiger partial charge in [0, 0.05) is 23.2 Å². The second-order valence-corrected chi connectivity index (χ2v) is 7.56. The zero-order valence-corrected chi connectivity index (χ0v) is 18.1. The highest BCUT2D eigenvalue weighted by molar-refractivity contribution is 5.94. The molecule has 1 aliphatic rings. The van der Waals surface area contributed by atoms with Crippen molar-refractivity contribution in [2.24, 2.45) is 0 Å². The summed E-state index contributed by atoms with van der Waals surface area (Å²) < 4.78 is 5.55. The second kappa shape index (κ2) is 11.9. The van der Waals surface area contributed by atoms with Crippen LogP contribution in [0.4, 0.5) is 5.69 Å². The van der Waals surface area contributed by atoms with E-state index in [-0.39, 0.29) is 6.47 Å². The number of hydrogen-bond donors (Lipinski definition) is 2. The van der Waals surface area contributed by atoms with Crippen LogP contribution in [0.3, 0.4) is 0 Å². The molecule has 0 radical (unpaired) electrons. The van der Waals surface area contributed by atoms with E-state index in [1.165, 1.54) is 44.3 Å². The second-order valence-electron chi connectivity index (χ2n) is 7.56. The molecule has 0 amide bonds. The predicted molar refractivity (Wildman–Crippen MR) is 126 cm³/mol. The van der Waals surface area contributed by atoms with Crippen molar-refractivity contribution < 1.29 is 14.6 Å². The Hall–Kier alpha value is -3.12. The van der Waals surface area contributed by atoms with Crippen molar-refractivity contribution in [3.63, 3.8) is 0 Å². The van der Waals surface area contributed by atoms with E-state index in [9.17, 15) is 0 Å². The number of carbonyl (C=O) groups is 1. The first-order chi connectivity index (χ1) is 15.3. The number of pyridine rings is 1. The van der Waals surface area contributed by atoms with Crippen molar-refractivity contribution >= 4 is 23.1 Å². The van der Waals surface area contributed by atoms with Crippen LogP contribution in [0.2, 0.25) is 0 Å². The first kappa shape index (κ1) is 22.6. The van der Waals surface area contributed by atoms with E-state index >= 15 is 0 Å². The smallest absolute Gasteiger partial charge is 0.290 e. The Morgan fingerprint density at radius 1 is 1.10 bits per heavy atom. The molecule has 0 bridgehead atoms. The number of methoxy groups -OCH3 is 1. The van der Waals surface area contributed by atoms with Crippen molar-refractivity contribution in [1.29, 1.82) is 0 Å². The standard InChI is InChI=1S/C24H29N3O.CH2O2/c1-28-24-13-6-4-11-20(24)23-18-22(19-10-3-5-12-21(19)26-23)25-14-9-17-27-15-7-2-8-16-27;2-1-3/h3-6,10-13,18H,2,7-9,14-17H2,1H3,(H,25,26);1H,(H,2,3). The summed E-state index contributed by atoms with van der Waals surface area (Å²) in [6, 6.07) is 18.6. The fourth-order valence-corrected chi connectivity index (χ4v) is 4.02. The molecule has 6 heteroatoms. The van der Waals surface area contributed by atoms with Gasteiger partial charge in [-0.1, -0.05) is 36.8 Å². The Labute approximate surface area is 183 Å². The number of likely N-dealkylation sites (tertiary alicyclic amines) is 1.